The van der Waals surface area contributed by atoms with Crippen molar-refractivity contribution in [2.75, 3.05) is 6.54 Å². The Balaban J connectivity index is 2.24. The second-order valence-corrected chi connectivity index (χ2v) is 5.96. The Morgan fingerprint density at radius 3 is 2.47 bits per heavy atom. The maximum Gasteiger partial charge on any atom is 0.0481 e. The smallest absolute Gasteiger partial charge is 0.0481 e. The molecule has 0 fully saturated rings. The van der Waals surface area contributed by atoms with E-state index in [0.29, 0.717) is 12.0 Å². The predicted molar refractivity (Wildman–Crippen MR) is 82.8 cm³/mol. The van der Waals surface area contributed by atoms with Crippen LogP contribution in [0, 0.1) is 0 Å². The van der Waals surface area contributed by atoms with E-state index in [4.69, 9.17) is 0 Å². The standard InChI is InChI=1S/C16H22N2S/c1-4-14-6-7-15(19-14)16(18-5-2)12(3)13-8-10-17-11-9-13/h6-12,16,18H,4-5H2,1-3H3. The van der Waals surface area contributed by atoms with E-state index < -0.39 is 0 Å². The van der Waals surface area contributed by atoms with Crippen molar-refractivity contribution in [1.29, 1.82) is 0 Å². The van der Waals surface area contributed by atoms with Crippen LogP contribution in [0.5, 0.6) is 0 Å². The Bertz CT molecular complexity index is 492. The van der Waals surface area contributed by atoms with E-state index in [9.17, 15) is 0 Å². The zero-order valence-electron chi connectivity index (χ0n) is 11.9. The molecule has 3 heteroatoms. The van der Waals surface area contributed by atoms with Crippen molar-refractivity contribution < 1.29 is 0 Å². The minimum Gasteiger partial charge on any atom is -0.309 e. The summed E-state index contributed by atoms with van der Waals surface area (Å²) in [6.07, 6.45) is 4.87. The number of pyridine rings is 1. The van der Waals surface area contributed by atoms with Crippen molar-refractivity contribution in [2.45, 2.75) is 39.2 Å². The highest BCUT2D eigenvalue weighted by Gasteiger charge is 2.21. The van der Waals surface area contributed by atoms with Gasteiger partial charge in [-0.1, -0.05) is 20.8 Å². The van der Waals surface area contributed by atoms with Crippen LogP contribution in [0.25, 0.3) is 0 Å². The maximum absolute atomic E-state index is 4.11. The molecule has 2 unspecified atom stereocenters. The molecule has 0 aliphatic heterocycles. The van der Waals surface area contributed by atoms with Gasteiger partial charge >= 0.3 is 0 Å². The van der Waals surface area contributed by atoms with Gasteiger partial charge in [-0.05, 0) is 42.8 Å². The van der Waals surface area contributed by atoms with Gasteiger partial charge in [0.05, 0.1) is 0 Å². The van der Waals surface area contributed by atoms with Crippen LogP contribution in [0.4, 0.5) is 0 Å². The van der Waals surface area contributed by atoms with Gasteiger partial charge in [0.25, 0.3) is 0 Å². The molecule has 19 heavy (non-hydrogen) atoms. The molecule has 2 heterocycles. The lowest BCUT2D eigenvalue weighted by Crippen LogP contribution is -2.25. The van der Waals surface area contributed by atoms with Crippen molar-refractivity contribution in [3.05, 3.63) is 52.0 Å². The van der Waals surface area contributed by atoms with Crippen LogP contribution in [-0.4, -0.2) is 11.5 Å². The normalized spacial score (nSPS) is 14.3. The van der Waals surface area contributed by atoms with Gasteiger partial charge in [0.2, 0.25) is 0 Å². The lowest BCUT2D eigenvalue weighted by atomic mass is 9.93. The van der Waals surface area contributed by atoms with Crippen molar-refractivity contribution in [3.8, 4) is 0 Å². The van der Waals surface area contributed by atoms with Crippen LogP contribution in [0.15, 0.2) is 36.7 Å². The third-order valence-electron chi connectivity index (χ3n) is 3.49. The quantitative estimate of drug-likeness (QED) is 0.855. The fourth-order valence-electron chi connectivity index (χ4n) is 2.35. The average Bonchev–Trinajstić information content (AvgIpc) is 2.93. The Morgan fingerprint density at radius 1 is 1.16 bits per heavy atom. The Hall–Kier alpha value is -1.19. The van der Waals surface area contributed by atoms with Crippen LogP contribution in [-0.2, 0) is 6.42 Å². The zero-order chi connectivity index (χ0) is 13.7. The highest BCUT2D eigenvalue weighted by molar-refractivity contribution is 7.12. The van der Waals surface area contributed by atoms with Gasteiger partial charge in [-0.15, -0.1) is 11.3 Å². The maximum atomic E-state index is 4.11. The summed E-state index contributed by atoms with van der Waals surface area (Å²) in [6.45, 7) is 7.65. The fraction of sp³-hybridized carbons (Fsp3) is 0.438. The van der Waals surface area contributed by atoms with Crippen molar-refractivity contribution in [1.82, 2.24) is 10.3 Å². The molecular weight excluding hydrogens is 252 g/mol. The number of hydrogen-bond acceptors (Lipinski definition) is 3. The Labute approximate surface area is 119 Å². The number of nitrogens with one attached hydrogen (secondary N) is 1. The summed E-state index contributed by atoms with van der Waals surface area (Å²) in [5.74, 6) is 0.450. The van der Waals surface area contributed by atoms with Crippen LogP contribution in [0.2, 0.25) is 0 Å². The Morgan fingerprint density at radius 2 is 1.89 bits per heavy atom. The molecule has 0 bridgehead atoms. The summed E-state index contributed by atoms with van der Waals surface area (Å²) in [4.78, 5) is 7.00. The minimum absolute atomic E-state index is 0.387. The number of aromatic nitrogens is 1. The molecule has 0 amide bonds. The van der Waals surface area contributed by atoms with Gasteiger partial charge in [0.1, 0.15) is 0 Å². The molecule has 102 valence electrons. The first-order valence-electron chi connectivity index (χ1n) is 6.98. The minimum atomic E-state index is 0.387. The third-order valence-corrected chi connectivity index (χ3v) is 4.81. The third kappa shape index (κ3) is 3.43. The van der Waals surface area contributed by atoms with E-state index in [1.54, 1.807) is 0 Å². The SMILES string of the molecule is CCNC(c1ccc(CC)s1)C(C)c1ccncc1. The van der Waals surface area contributed by atoms with E-state index in [-0.39, 0.29) is 0 Å². The van der Waals surface area contributed by atoms with Gasteiger partial charge in [-0.3, -0.25) is 4.98 Å². The highest BCUT2D eigenvalue weighted by Crippen LogP contribution is 2.34. The van der Waals surface area contributed by atoms with Gasteiger partial charge < -0.3 is 5.32 Å². The molecule has 0 radical (unpaired) electrons. The van der Waals surface area contributed by atoms with Crippen molar-refractivity contribution in [2.24, 2.45) is 0 Å². The molecule has 2 rings (SSSR count). The molecule has 0 aliphatic rings. The van der Waals surface area contributed by atoms with Crippen LogP contribution in [0.1, 0.15) is 48.0 Å². The number of thiophene rings is 1. The van der Waals surface area contributed by atoms with Crippen molar-refractivity contribution in [3.63, 3.8) is 0 Å². The molecule has 0 aliphatic carbocycles. The van der Waals surface area contributed by atoms with Crippen LogP contribution in [0.3, 0.4) is 0 Å². The molecule has 0 saturated carbocycles. The first-order chi connectivity index (χ1) is 9.26. The van der Waals surface area contributed by atoms with Gasteiger partial charge in [0, 0.05) is 34.1 Å². The summed E-state index contributed by atoms with van der Waals surface area (Å²) in [6, 6.07) is 9.14. The molecule has 0 saturated heterocycles. The summed E-state index contributed by atoms with van der Waals surface area (Å²) < 4.78 is 0. The van der Waals surface area contributed by atoms with E-state index in [2.05, 4.69) is 55.3 Å². The number of hydrogen-bond donors (Lipinski definition) is 1. The molecule has 2 atom stereocenters. The first kappa shape index (κ1) is 14.2. The van der Waals surface area contributed by atoms with Gasteiger partial charge in [0.15, 0.2) is 0 Å². The van der Waals surface area contributed by atoms with Gasteiger partial charge in [-0.2, -0.15) is 0 Å². The lowest BCUT2D eigenvalue weighted by Gasteiger charge is -2.24. The van der Waals surface area contributed by atoms with E-state index in [1.807, 2.05) is 23.7 Å². The summed E-state index contributed by atoms with van der Waals surface area (Å²) in [7, 11) is 0. The zero-order valence-corrected chi connectivity index (χ0v) is 12.7. The molecule has 1 N–H and O–H groups in total. The Kier molecular flexibility index (Phi) is 5.11. The van der Waals surface area contributed by atoms with Gasteiger partial charge in [-0.25, -0.2) is 0 Å². The lowest BCUT2D eigenvalue weighted by molar-refractivity contribution is 0.486. The molecule has 2 aromatic rings. The number of nitrogens with zero attached hydrogens (tertiary/aromatic N) is 1. The predicted octanol–water partition coefficient (Wildman–Crippen LogP) is 4.16. The molecule has 0 aromatic carbocycles. The van der Waals surface area contributed by atoms with Crippen LogP contribution < -0.4 is 5.32 Å². The van der Waals surface area contributed by atoms with E-state index in [0.717, 1.165) is 13.0 Å². The molecule has 2 aromatic heterocycles. The molecule has 2 nitrogen and oxygen atoms in total. The summed E-state index contributed by atoms with van der Waals surface area (Å²) >= 11 is 1.93. The second kappa shape index (κ2) is 6.83. The number of rotatable bonds is 6. The second-order valence-electron chi connectivity index (χ2n) is 4.76. The topological polar surface area (TPSA) is 24.9 Å². The largest absolute Gasteiger partial charge is 0.309 e. The highest BCUT2D eigenvalue weighted by atomic mass is 32.1. The average molecular weight is 274 g/mol. The number of aryl methyl sites for hydroxylation is 1. The van der Waals surface area contributed by atoms with E-state index in [1.165, 1.54) is 15.3 Å². The van der Waals surface area contributed by atoms with Crippen LogP contribution >= 0.6 is 11.3 Å². The molecule has 0 spiro atoms. The number of likely N-dealkylation sites (N-methyl/N-ethyl adjacent to an activating group) is 1. The summed E-state index contributed by atoms with van der Waals surface area (Å²) in [5.41, 5.74) is 1.34. The fourth-order valence-corrected chi connectivity index (χ4v) is 3.49. The molecular formula is C16H22N2S. The monoisotopic (exact) mass is 274 g/mol. The summed E-state index contributed by atoms with van der Waals surface area (Å²) in [5, 5.41) is 3.62. The first-order valence-corrected chi connectivity index (χ1v) is 7.79. The van der Waals surface area contributed by atoms with Crippen molar-refractivity contribution >= 4 is 11.3 Å². The van der Waals surface area contributed by atoms with E-state index >= 15 is 0 Å².